The van der Waals surface area contributed by atoms with Crippen molar-refractivity contribution < 1.29 is 24.1 Å². The van der Waals surface area contributed by atoms with E-state index in [1.807, 2.05) is 12.1 Å². The third-order valence-corrected chi connectivity index (χ3v) is 2.77. The van der Waals surface area contributed by atoms with Gasteiger partial charge in [-0.25, -0.2) is 4.79 Å². The molecule has 0 radical (unpaired) electrons. The second kappa shape index (κ2) is 6.69. The number of ether oxygens (including phenoxy) is 2. The van der Waals surface area contributed by atoms with Crippen LogP contribution in [0.1, 0.15) is 24.3 Å². The Morgan fingerprint density at radius 3 is 2.62 bits per heavy atom. The molecule has 1 aromatic heterocycles. The lowest BCUT2D eigenvalue weighted by Crippen LogP contribution is -2.40. The summed E-state index contributed by atoms with van der Waals surface area (Å²) in [6.07, 6.45) is 0.772. The summed E-state index contributed by atoms with van der Waals surface area (Å²) in [6.45, 7) is 3.85. The summed E-state index contributed by atoms with van der Waals surface area (Å²) >= 11 is 0. The van der Waals surface area contributed by atoms with Crippen molar-refractivity contribution >= 4 is 22.8 Å². The molecule has 21 heavy (non-hydrogen) atoms. The summed E-state index contributed by atoms with van der Waals surface area (Å²) in [5.74, 6) is -0.539. The number of fused-ring (bicyclic) bond motifs is 1. The molecule has 0 aliphatic carbocycles. The molecular formula is C15H16N2O4. The molecule has 1 heterocycles. The standard InChI is InChI=1S/C15H16N2O4/c1-3-20-14(18)13-12-8-6-5-7-11(12)9-10-17(13)16-15(19)21-4-2/h5-10H,3-4H2,1-2H3. The zero-order chi connectivity index (χ0) is 15.2. The summed E-state index contributed by atoms with van der Waals surface area (Å²) in [6, 6.07) is 9.08. The minimum atomic E-state index is -0.761. The second-order valence-corrected chi connectivity index (χ2v) is 4.12. The van der Waals surface area contributed by atoms with Crippen LogP contribution in [-0.4, -0.2) is 25.3 Å². The number of benzene rings is 1. The first kappa shape index (κ1) is 14.8. The zero-order valence-corrected chi connectivity index (χ0v) is 11.9. The van der Waals surface area contributed by atoms with Gasteiger partial charge in [-0.3, -0.25) is 0 Å². The number of hydrogen-bond acceptors (Lipinski definition) is 5. The Bertz CT molecular complexity index is 682. The van der Waals surface area contributed by atoms with Gasteiger partial charge in [0.1, 0.15) is 0 Å². The van der Waals surface area contributed by atoms with Crippen LogP contribution in [0.25, 0.3) is 10.8 Å². The summed E-state index contributed by atoms with van der Waals surface area (Å²) in [4.78, 5) is 12.2. The number of aromatic nitrogens is 1. The van der Waals surface area contributed by atoms with Gasteiger partial charge in [0.2, 0.25) is 12.3 Å². The molecule has 6 nitrogen and oxygen atoms in total. The number of nitrogens with zero attached hydrogens (tertiary/aromatic N) is 2. The van der Waals surface area contributed by atoms with Crippen molar-refractivity contribution in [2.45, 2.75) is 13.8 Å². The van der Waals surface area contributed by atoms with Crippen molar-refractivity contribution in [3.8, 4) is 0 Å². The normalized spacial score (nSPS) is 11.4. The second-order valence-electron chi connectivity index (χ2n) is 4.12. The lowest BCUT2D eigenvalue weighted by atomic mass is 10.1. The van der Waals surface area contributed by atoms with Gasteiger partial charge in [-0.05, 0) is 29.7 Å². The predicted octanol–water partition coefficient (Wildman–Crippen LogP) is 0.820. The van der Waals surface area contributed by atoms with Crippen LogP contribution < -0.4 is 9.78 Å². The van der Waals surface area contributed by atoms with E-state index in [2.05, 4.69) is 5.10 Å². The summed E-state index contributed by atoms with van der Waals surface area (Å²) in [5, 5.41) is 16.8. The van der Waals surface area contributed by atoms with E-state index in [1.165, 1.54) is 10.9 Å². The van der Waals surface area contributed by atoms with E-state index >= 15 is 0 Å². The van der Waals surface area contributed by atoms with Gasteiger partial charge in [-0.1, -0.05) is 25.1 Å². The highest BCUT2D eigenvalue weighted by Gasteiger charge is 2.25. The molecule has 0 N–H and O–H groups in total. The SMILES string of the molecule is CCOC(=O)c1c2ccccc2cc[n+]1/N=C(\[O-])OCC. The van der Waals surface area contributed by atoms with E-state index in [0.717, 1.165) is 5.39 Å². The van der Waals surface area contributed by atoms with Crippen LogP contribution in [0.15, 0.2) is 41.6 Å². The highest BCUT2D eigenvalue weighted by atomic mass is 16.6. The Morgan fingerprint density at radius 1 is 1.19 bits per heavy atom. The fraction of sp³-hybridized carbons (Fsp3) is 0.267. The van der Waals surface area contributed by atoms with Gasteiger partial charge in [-0.15, -0.1) is 0 Å². The van der Waals surface area contributed by atoms with Gasteiger partial charge in [0.25, 0.3) is 0 Å². The average molecular weight is 288 g/mol. The molecule has 2 aromatic rings. The van der Waals surface area contributed by atoms with Crippen LogP contribution in [0.2, 0.25) is 0 Å². The summed E-state index contributed by atoms with van der Waals surface area (Å²) < 4.78 is 11.0. The first-order valence-electron chi connectivity index (χ1n) is 6.66. The van der Waals surface area contributed by atoms with Gasteiger partial charge in [0.15, 0.2) is 0 Å². The maximum atomic E-state index is 12.2. The quantitative estimate of drug-likeness (QED) is 0.361. The Labute approximate surface area is 122 Å². The Kier molecular flexibility index (Phi) is 4.71. The van der Waals surface area contributed by atoms with Gasteiger partial charge in [-0.2, -0.15) is 0 Å². The fourth-order valence-electron chi connectivity index (χ4n) is 1.93. The third kappa shape index (κ3) is 3.28. The van der Waals surface area contributed by atoms with Crippen LogP contribution in [-0.2, 0) is 9.47 Å². The van der Waals surface area contributed by atoms with Crippen LogP contribution in [0.5, 0.6) is 0 Å². The zero-order valence-electron chi connectivity index (χ0n) is 11.9. The van der Waals surface area contributed by atoms with Crippen LogP contribution in [0.3, 0.4) is 0 Å². The smallest absolute Gasteiger partial charge is 0.407 e. The highest BCUT2D eigenvalue weighted by Crippen LogP contribution is 2.16. The van der Waals surface area contributed by atoms with E-state index in [-0.39, 0.29) is 18.9 Å². The molecule has 0 bridgehead atoms. The molecule has 0 atom stereocenters. The molecule has 0 unspecified atom stereocenters. The number of pyridine rings is 1. The van der Waals surface area contributed by atoms with Gasteiger partial charge in [0, 0.05) is 11.2 Å². The molecule has 0 saturated carbocycles. The number of hydrogen-bond donors (Lipinski definition) is 0. The first-order valence-corrected chi connectivity index (χ1v) is 6.66. The minimum Gasteiger partial charge on any atom is -0.596 e. The summed E-state index contributed by atoms with van der Waals surface area (Å²) in [7, 11) is 0. The predicted molar refractivity (Wildman–Crippen MR) is 74.6 cm³/mol. The van der Waals surface area contributed by atoms with Crippen molar-refractivity contribution in [1.82, 2.24) is 0 Å². The van der Waals surface area contributed by atoms with E-state index in [0.29, 0.717) is 5.39 Å². The molecule has 0 amide bonds. The average Bonchev–Trinajstić information content (AvgIpc) is 2.47. The number of carbonyl (C=O) groups excluding carboxylic acids is 1. The molecule has 0 aliphatic heterocycles. The van der Waals surface area contributed by atoms with Crippen molar-refractivity contribution in [2.24, 2.45) is 5.10 Å². The lowest BCUT2D eigenvalue weighted by Gasteiger charge is -2.08. The molecule has 0 fully saturated rings. The van der Waals surface area contributed by atoms with Gasteiger partial charge >= 0.3 is 11.7 Å². The molecule has 2 rings (SSSR count). The third-order valence-electron chi connectivity index (χ3n) is 2.77. The maximum absolute atomic E-state index is 12.2. The molecular weight excluding hydrogens is 272 g/mol. The van der Waals surface area contributed by atoms with Crippen molar-refractivity contribution in [2.75, 3.05) is 13.2 Å². The topological polar surface area (TPSA) is 74.8 Å². The summed E-state index contributed by atoms with van der Waals surface area (Å²) in [5.41, 5.74) is 0.197. The maximum Gasteiger partial charge on any atom is 0.407 e. The molecule has 0 spiro atoms. The van der Waals surface area contributed by atoms with Crippen molar-refractivity contribution in [3.05, 3.63) is 42.2 Å². The molecule has 0 aliphatic rings. The number of esters is 1. The van der Waals surface area contributed by atoms with Gasteiger partial charge in [0.05, 0.1) is 12.0 Å². The van der Waals surface area contributed by atoms with E-state index in [9.17, 15) is 9.90 Å². The van der Waals surface area contributed by atoms with E-state index < -0.39 is 12.1 Å². The van der Waals surface area contributed by atoms with Crippen LogP contribution in [0.4, 0.5) is 0 Å². The molecule has 1 aromatic carbocycles. The minimum absolute atomic E-state index is 0.197. The highest BCUT2D eigenvalue weighted by molar-refractivity contribution is 6.01. The van der Waals surface area contributed by atoms with E-state index in [4.69, 9.17) is 9.47 Å². The molecule has 110 valence electrons. The Balaban J connectivity index is 2.61. The van der Waals surface area contributed by atoms with Gasteiger partial charge < -0.3 is 14.6 Å². The fourth-order valence-corrected chi connectivity index (χ4v) is 1.93. The van der Waals surface area contributed by atoms with Crippen LogP contribution >= 0.6 is 0 Å². The van der Waals surface area contributed by atoms with E-state index in [1.54, 1.807) is 32.0 Å². The van der Waals surface area contributed by atoms with Crippen molar-refractivity contribution in [3.63, 3.8) is 0 Å². The molecule has 6 heteroatoms. The Hall–Kier alpha value is -2.63. The largest absolute Gasteiger partial charge is 0.596 e. The Morgan fingerprint density at radius 2 is 1.90 bits per heavy atom. The number of carbonyl (C=O) groups is 1. The molecule has 0 saturated heterocycles. The van der Waals surface area contributed by atoms with Crippen LogP contribution in [0, 0.1) is 0 Å². The monoisotopic (exact) mass is 288 g/mol. The number of rotatable bonds is 4. The lowest BCUT2D eigenvalue weighted by molar-refractivity contribution is -0.684. The first-order chi connectivity index (χ1) is 10.2. The van der Waals surface area contributed by atoms with Crippen molar-refractivity contribution in [1.29, 1.82) is 0 Å².